The molecule has 19 heavy (non-hydrogen) atoms. The number of nitrogens with zero attached hydrogens (tertiary/aromatic N) is 2. The van der Waals surface area contributed by atoms with Crippen LogP contribution in [0.1, 0.15) is 37.7 Å². The van der Waals surface area contributed by atoms with Gasteiger partial charge >= 0.3 is 0 Å². The van der Waals surface area contributed by atoms with Crippen LogP contribution in [0.5, 0.6) is 0 Å². The second-order valence-electron chi connectivity index (χ2n) is 4.41. The quantitative estimate of drug-likeness (QED) is 0.704. The summed E-state index contributed by atoms with van der Waals surface area (Å²) < 4.78 is 11.4. The van der Waals surface area contributed by atoms with E-state index in [-0.39, 0.29) is 5.92 Å². The number of nitrogens with one attached hydrogen (secondary N) is 1. The molecule has 1 aromatic heterocycles. The monoisotopic (exact) mass is 379 g/mol. The number of hydrogen-bond donors (Lipinski definition) is 1. The number of rotatable bonds is 8. The van der Waals surface area contributed by atoms with E-state index >= 15 is 0 Å². The first kappa shape index (κ1) is 16.6. The molecule has 0 fully saturated rings. The molecule has 0 radical (unpaired) electrons. The molecule has 1 atom stereocenters. The lowest BCUT2D eigenvalue weighted by atomic mass is 10.2. The number of ether oxygens (including phenoxy) is 2. The van der Waals surface area contributed by atoms with E-state index in [1.54, 1.807) is 14.2 Å². The topological polar surface area (TPSA) is 56.3 Å². The fraction of sp³-hybridized carbons (Fsp3) is 0.692. The SMILES string of the molecule is CCCNc1nc(C(C)COC)nc(COC)c1I. The smallest absolute Gasteiger partial charge is 0.143 e. The Kier molecular flexibility index (Phi) is 7.55. The highest BCUT2D eigenvalue weighted by Crippen LogP contribution is 2.23. The van der Waals surface area contributed by atoms with Crippen molar-refractivity contribution in [3.8, 4) is 0 Å². The van der Waals surface area contributed by atoms with Gasteiger partial charge in [-0.05, 0) is 29.0 Å². The third-order valence-electron chi connectivity index (χ3n) is 2.62. The van der Waals surface area contributed by atoms with E-state index in [1.165, 1.54) is 0 Å². The fourth-order valence-electron chi connectivity index (χ4n) is 1.65. The molecule has 0 aromatic carbocycles. The van der Waals surface area contributed by atoms with E-state index in [2.05, 4.69) is 51.7 Å². The highest BCUT2D eigenvalue weighted by molar-refractivity contribution is 14.1. The van der Waals surface area contributed by atoms with Crippen molar-refractivity contribution >= 4 is 28.4 Å². The van der Waals surface area contributed by atoms with Gasteiger partial charge in [0.25, 0.3) is 0 Å². The number of anilines is 1. The molecule has 1 N–H and O–H groups in total. The van der Waals surface area contributed by atoms with Crippen molar-refractivity contribution in [3.63, 3.8) is 0 Å². The molecule has 0 saturated heterocycles. The molecule has 0 amide bonds. The van der Waals surface area contributed by atoms with Gasteiger partial charge in [-0.1, -0.05) is 13.8 Å². The number of methoxy groups -OCH3 is 2. The molecular weight excluding hydrogens is 357 g/mol. The summed E-state index contributed by atoms with van der Waals surface area (Å²) in [6, 6.07) is 0. The first-order chi connectivity index (χ1) is 9.13. The molecule has 0 spiro atoms. The minimum atomic E-state index is 0.166. The van der Waals surface area contributed by atoms with Crippen LogP contribution >= 0.6 is 22.6 Å². The Balaban J connectivity index is 3.06. The van der Waals surface area contributed by atoms with Gasteiger partial charge in [-0.25, -0.2) is 9.97 Å². The molecule has 5 nitrogen and oxygen atoms in total. The zero-order chi connectivity index (χ0) is 14.3. The van der Waals surface area contributed by atoms with E-state index in [9.17, 15) is 0 Å². The molecule has 1 aromatic rings. The van der Waals surface area contributed by atoms with Crippen LogP contribution in [0.2, 0.25) is 0 Å². The van der Waals surface area contributed by atoms with Crippen molar-refractivity contribution in [2.45, 2.75) is 32.8 Å². The minimum absolute atomic E-state index is 0.166. The number of aromatic nitrogens is 2. The van der Waals surface area contributed by atoms with E-state index in [0.29, 0.717) is 13.2 Å². The summed E-state index contributed by atoms with van der Waals surface area (Å²) >= 11 is 2.27. The zero-order valence-electron chi connectivity index (χ0n) is 12.0. The molecule has 108 valence electrons. The van der Waals surface area contributed by atoms with Crippen molar-refractivity contribution in [3.05, 3.63) is 15.1 Å². The van der Waals surface area contributed by atoms with E-state index in [4.69, 9.17) is 9.47 Å². The predicted octanol–water partition coefficient (Wildman–Crippen LogP) is 2.80. The lowest BCUT2D eigenvalue weighted by Gasteiger charge is -2.15. The van der Waals surface area contributed by atoms with Crippen LogP contribution in [0.25, 0.3) is 0 Å². The molecule has 1 rings (SSSR count). The molecule has 0 saturated carbocycles. The normalized spacial score (nSPS) is 12.5. The second kappa shape index (κ2) is 8.65. The first-order valence-electron chi connectivity index (χ1n) is 6.42. The average Bonchev–Trinajstić information content (AvgIpc) is 2.40. The Labute approximate surface area is 128 Å². The Morgan fingerprint density at radius 2 is 2.00 bits per heavy atom. The van der Waals surface area contributed by atoms with Gasteiger partial charge in [-0.2, -0.15) is 0 Å². The summed E-state index contributed by atoms with van der Waals surface area (Å²) in [5.41, 5.74) is 0.926. The van der Waals surface area contributed by atoms with Gasteiger partial charge in [0, 0.05) is 26.7 Å². The second-order valence-corrected chi connectivity index (χ2v) is 5.49. The van der Waals surface area contributed by atoms with Gasteiger partial charge in [0.1, 0.15) is 11.6 Å². The zero-order valence-corrected chi connectivity index (χ0v) is 14.2. The molecule has 0 aliphatic carbocycles. The van der Waals surface area contributed by atoms with Crippen molar-refractivity contribution in [1.29, 1.82) is 0 Å². The summed E-state index contributed by atoms with van der Waals surface area (Å²) in [4.78, 5) is 9.19. The van der Waals surface area contributed by atoms with Gasteiger partial charge in [-0.15, -0.1) is 0 Å². The number of halogens is 1. The maximum absolute atomic E-state index is 5.21. The van der Waals surface area contributed by atoms with Gasteiger partial charge in [-0.3, -0.25) is 0 Å². The molecular formula is C13H22IN3O2. The van der Waals surface area contributed by atoms with Gasteiger partial charge in [0.15, 0.2) is 0 Å². The molecule has 0 bridgehead atoms. The summed E-state index contributed by atoms with van der Waals surface area (Å²) in [5, 5.41) is 3.34. The Hall–Kier alpha value is -0.470. The molecule has 0 aliphatic heterocycles. The average molecular weight is 379 g/mol. The van der Waals surface area contributed by atoms with E-state index in [0.717, 1.165) is 33.9 Å². The molecule has 6 heteroatoms. The van der Waals surface area contributed by atoms with E-state index < -0.39 is 0 Å². The molecule has 1 heterocycles. The third kappa shape index (κ3) is 4.85. The van der Waals surface area contributed by atoms with Crippen LogP contribution in [0.4, 0.5) is 5.82 Å². The van der Waals surface area contributed by atoms with Gasteiger partial charge in [0.2, 0.25) is 0 Å². The molecule has 0 aliphatic rings. The Morgan fingerprint density at radius 3 is 2.58 bits per heavy atom. The standard InChI is InChI=1S/C13H22IN3O2/c1-5-6-15-13-11(14)10(8-19-4)16-12(17-13)9(2)7-18-3/h9H,5-8H2,1-4H3,(H,15,16,17). The number of hydrogen-bond acceptors (Lipinski definition) is 5. The summed E-state index contributed by atoms with van der Waals surface area (Å²) in [5.74, 6) is 1.86. The largest absolute Gasteiger partial charge is 0.384 e. The van der Waals surface area contributed by atoms with Crippen LogP contribution in [-0.4, -0.2) is 37.3 Å². The summed E-state index contributed by atoms with van der Waals surface area (Å²) in [6.07, 6.45) is 1.06. The summed E-state index contributed by atoms with van der Waals surface area (Å²) in [7, 11) is 3.37. The fourth-order valence-corrected chi connectivity index (χ4v) is 2.24. The van der Waals surface area contributed by atoms with Crippen molar-refractivity contribution < 1.29 is 9.47 Å². The lowest BCUT2D eigenvalue weighted by molar-refractivity contribution is 0.175. The van der Waals surface area contributed by atoms with Crippen molar-refractivity contribution in [2.75, 3.05) is 32.7 Å². The van der Waals surface area contributed by atoms with Crippen molar-refractivity contribution in [2.24, 2.45) is 0 Å². The van der Waals surface area contributed by atoms with Gasteiger partial charge in [0.05, 0.1) is 22.5 Å². The van der Waals surface area contributed by atoms with E-state index in [1.807, 2.05) is 0 Å². The molecule has 1 unspecified atom stereocenters. The van der Waals surface area contributed by atoms with Crippen molar-refractivity contribution in [1.82, 2.24) is 9.97 Å². The van der Waals surface area contributed by atoms with Crippen LogP contribution in [-0.2, 0) is 16.1 Å². The van der Waals surface area contributed by atoms with Gasteiger partial charge < -0.3 is 14.8 Å². The minimum Gasteiger partial charge on any atom is -0.384 e. The highest BCUT2D eigenvalue weighted by Gasteiger charge is 2.16. The third-order valence-corrected chi connectivity index (χ3v) is 3.75. The van der Waals surface area contributed by atoms with Crippen LogP contribution < -0.4 is 5.32 Å². The maximum Gasteiger partial charge on any atom is 0.143 e. The van der Waals surface area contributed by atoms with Crippen LogP contribution in [0.3, 0.4) is 0 Å². The first-order valence-corrected chi connectivity index (χ1v) is 7.49. The van der Waals surface area contributed by atoms with Crippen LogP contribution in [0.15, 0.2) is 0 Å². The Bertz CT molecular complexity index is 402. The van der Waals surface area contributed by atoms with Crippen LogP contribution in [0, 0.1) is 3.57 Å². The lowest BCUT2D eigenvalue weighted by Crippen LogP contribution is -2.14. The highest BCUT2D eigenvalue weighted by atomic mass is 127. The Morgan fingerprint density at radius 1 is 1.26 bits per heavy atom. The summed E-state index contributed by atoms with van der Waals surface area (Å²) in [6.45, 7) is 6.20. The predicted molar refractivity (Wildman–Crippen MR) is 84.5 cm³/mol. The maximum atomic E-state index is 5.21.